The monoisotopic (exact) mass is 766 g/mol. The molecule has 0 heterocycles. The standard InChI is InChI=1S/C26H25F15O9/c1-2-48-50-49-14-23(12-45-8-4-42,13-46-9-5-43)11-44-6-3-7-47-24(36,25(37,38)26(39,40)41)22(35)21(34)20(33)19(32)18(31)17(30)16(29)15(28)10-27/h2,4-5,8-9,42-43H,1,3,6-7,10-14H2/b8-4+,9-5+,16-15+,18-17+,20-19+,22-21+. The molecule has 9 nitrogen and oxygen atoms in total. The van der Waals surface area contributed by atoms with Crippen LogP contribution in [0.4, 0.5) is 65.9 Å². The van der Waals surface area contributed by atoms with Crippen molar-refractivity contribution in [2.45, 2.75) is 24.4 Å². The van der Waals surface area contributed by atoms with Gasteiger partial charge in [-0.2, -0.15) is 31.2 Å². The van der Waals surface area contributed by atoms with Crippen LogP contribution in [-0.2, 0) is 33.8 Å². The molecule has 0 fully saturated rings. The first kappa shape index (κ1) is 46.0. The van der Waals surface area contributed by atoms with Gasteiger partial charge in [0, 0.05) is 6.61 Å². The van der Waals surface area contributed by atoms with E-state index in [0.717, 1.165) is 18.8 Å². The van der Waals surface area contributed by atoms with E-state index in [1.807, 2.05) is 0 Å². The van der Waals surface area contributed by atoms with E-state index in [-0.39, 0.29) is 0 Å². The van der Waals surface area contributed by atoms with E-state index < -0.39 is 123 Å². The highest BCUT2D eigenvalue weighted by molar-refractivity contribution is 5.39. The Hall–Kier alpha value is -4.03. The molecule has 0 radical (unpaired) electrons. The van der Waals surface area contributed by atoms with E-state index in [1.165, 1.54) is 0 Å². The molecule has 0 aromatic carbocycles. The summed E-state index contributed by atoms with van der Waals surface area (Å²) in [5, 5.41) is 21.8. The van der Waals surface area contributed by atoms with Gasteiger partial charge >= 0.3 is 18.0 Å². The lowest BCUT2D eigenvalue weighted by atomic mass is 9.92. The van der Waals surface area contributed by atoms with Gasteiger partial charge in [-0.3, -0.25) is 0 Å². The topological polar surface area (TPSA) is 105 Å². The predicted octanol–water partition coefficient (Wildman–Crippen LogP) is 8.95. The summed E-state index contributed by atoms with van der Waals surface area (Å²) < 4.78 is 222. The van der Waals surface area contributed by atoms with Gasteiger partial charge in [-0.1, -0.05) is 6.58 Å². The van der Waals surface area contributed by atoms with Gasteiger partial charge in [0.15, 0.2) is 23.3 Å². The van der Waals surface area contributed by atoms with E-state index in [9.17, 15) is 61.5 Å². The van der Waals surface area contributed by atoms with E-state index in [1.54, 1.807) is 0 Å². The highest BCUT2D eigenvalue weighted by Gasteiger charge is 2.75. The fourth-order valence-corrected chi connectivity index (χ4v) is 2.93. The Balaban J connectivity index is 6.32. The van der Waals surface area contributed by atoms with Crippen LogP contribution in [0.15, 0.2) is 84.5 Å². The zero-order valence-electron chi connectivity index (χ0n) is 24.7. The highest BCUT2D eigenvalue weighted by atomic mass is 19.4. The predicted molar refractivity (Wildman–Crippen MR) is 135 cm³/mol. The van der Waals surface area contributed by atoms with Crippen LogP contribution in [0.1, 0.15) is 6.42 Å². The molecule has 0 aliphatic carbocycles. The van der Waals surface area contributed by atoms with Crippen LogP contribution in [0.2, 0.25) is 0 Å². The zero-order chi connectivity index (χ0) is 38.8. The van der Waals surface area contributed by atoms with Crippen molar-refractivity contribution in [3.63, 3.8) is 0 Å². The van der Waals surface area contributed by atoms with Crippen LogP contribution in [0.3, 0.4) is 0 Å². The first-order chi connectivity index (χ1) is 23.2. The third-order valence-corrected chi connectivity index (χ3v) is 5.31. The quantitative estimate of drug-likeness (QED) is 0.0249. The van der Waals surface area contributed by atoms with E-state index >= 15 is 4.39 Å². The molecule has 0 saturated heterocycles. The second-order valence-corrected chi connectivity index (χ2v) is 8.94. The van der Waals surface area contributed by atoms with Gasteiger partial charge in [-0.15, -0.1) is 0 Å². The Morgan fingerprint density at radius 1 is 0.660 bits per heavy atom. The minimum absolute atomic E-state index is 0.431. The number of allylic oxidation sites excluding steroid dienone is 7. The van der Waals surface area contributed by atoms with E-state index in [0.29, 0.717) is 12.5 Å². The Morgan fingerprint density at radius 3 is 1.62 bits per heavy atom. The molecule has 0 aliphatic rings. The van der Waals surface area contributed by atoms with Crippen molar-refractivity contribution >= 4 is 0 Å². The number of aliphatic hydroxyl groups is 2. The molecule has 50 heavy (non-hydrogen) atoms. The molecule has 0 rings (SSSR count). The molecule has 1 unspecified atom stereocenters. The van der Waals surface area contributed by atoms with Crippen molar-refractivity contribution in [1.82, 2.24) is 0 Å². The average molecular weight is 766 g/mol. The third kappa shape index (κ3) is 12.7. The van der Waals surface area contributed by atoms with Crippen LogP contribution in [0.25, 0.3) is 0 Å². The number of ether oxygens (including phenoxy) is 4. The number of aliphatic hydroxyl groups excluding tert-OH is 2. The van der Waals surface area contributed by atoms with Gasteiger partial charge in [0.1, 0.15) is 57.8 Å². The maximum Gasteiger partial charge on any atom is 0.460 e. The van der Waals surface area contributed by atoms with Crippen molar-refractivity contribution in [1.29, 1.82) is 0 Å². The van der Waals surface area contributed by atoms with Crippen LogP contribution in [0.5, 0.6) is 0 Å². The molecule has 0 aromatic rings. The molecule has 0 spiro atoms. The minimum atomic E-state index is -7.16. The molecule has 0 aliphatic heterocycles. The first-order valence-corrected chi connectivity index (χ1v) is 12.7. The summed E-state index contributed by atoms with van der Waals surface area (Å²) in [4.78, 5) is 8.98. The van der Waals surface area contributed by atoms with Gasteiger partial charge in [0.05, 0.1) is 18.6 Å². The Labute approximate surface area is 271 Å². The lowest BCUT2D eigenvalue weighted by Gasteiger charge is -2.33. The Kier molecular flexibility index (Phi) is 19.5. The summed E-state index contributed by atoms with van der Waals surface area (Å²) in [5.74, 6) is -42.4. The summed E-state index contributed by atoms with van der Waals surface area (Å²) in [6.07, 6.45) is -5.05. The molecule has 288 valence electrons. The van der Waals surface area contributed by atoms with Crippen molar-refractivity contribution in [3.05, 3.63) is 84.5 Å². The van der Waals surface area contributed by atoms with E-state index in [2.05, 4.69) is 21.2 Å². The van der Waals surface area contributed by atoms with Gasteiger partial charge in [0.2, 0.25) is 23.3 Å². The lowest BCUT2D eigenvalue weighted by Crippen LogP contribution is -2.56. The summed E-state index contributed by atoms with van der Waals surface area (Å²) in [6.45, 7) is -4.21. The fourth-order valence-electron chi connectivity index (χ4n) is 2.93. The Morgan fingerprint density at radius 2 is 1.16 bits per heavy atom. The summed E-state index contributed by atoms with van der Waals surface area (Å²) in [7, 11) is 0. The Bertz CT molecular complexity index is 1260. The van der Waals surface area contributed by atoms with Crippen LogP contribution < -0.4 is 0 Å². The number of alkyl halides is 7. The maximum atomic E-state index is 15.0. The van der Waals surface area contributed by atoms with Gasteiger partial charge in [-0.25, -0.2) is 39.5 Å². The average Bonchev–Trinajstić information content (AvgIpc) is 3.08. The van der Waals surface area contributed by atoms with Crippen molar-refractivity contribution in [2.24, 2.45) is 5.41 Å². The van der Waals surface area contributed by atoms with Crippen molar-refractivity contribution in [3.8, 4) is 0 Å². The second kappa shape index (κ2) is 21.2. The summed E-state index contributed by atoms with van der Waals surface area (Å²) >= 11 is 0. The van der Waals surface area contributed by atoms with Gasteiger partial charge in [0.25, 0.3) is 0 Å². The van der Waals surface area contributed by atoms with Crippen molar-refractivity contribution < 1.29 is 110 Å². The SMILES string of the molecule is C=COOOCC(CO/C=C/O)(CO/C=C/O)COCCCOC(F)(/C(F)=C(F)/C(F)=C(F)/C(F)=C(F)/C(F)=C(\F)CF)C(F)(F)C(F)(F)F. The number of halogens is 15. The molecule has 0 amide bonds. The number of rotatable bonds is 24. The maximum absolute atomic E-state index is 15.0. The number of hydrogen-bond donors (Lipinski definition) is 2. The zero-order valence-corrected chi connectivity index (χ0v) is 24.7. The smallest absolute Gasteiger partial charge is 0.460 e. The second-order valence-electron chi connectivity index (χ2n) is 8.94. The largest absolute Gasteiger partial charge is 0.512 e. The minimum Gasteiger partial charge on any atom is -0.512 e. The van der Waals surface area contributed by atoms with Crippen molar-refractivity contribution in [2.75, 3.05) is 46.3 Å². The molecular formula is C26H25F15O9. The molecule has 0 saturated carbocycles. The van der Waals surface area contributed by atoms with E-state index in [4.69, 9.17) is 29.3 Å². The normalized spacial score (nSPS) is 16.4. The third-order valence-electron chi connectivity index (χ3n) is 5.31. The molecule has 24 heteroatoms. The lowest BCUT2D eigenvalue weighted by molar-refractivity contribution is -0.497. The first-order valence-electron chi connectivity index (χ1n) is 12.7. The van der Waals surface area contributed by atoms with Crippen LogP contribution >= 0.6 is 0 Å². The molecule has 0 aromatic heterocycles. The molecule has 2 N–H and O–H groups in total. The van der Waals surface area contributed by atoms with Crippen LogP contribution in [-0.4, -0.2) is 74.5 Å². The number of hydrogen-bond acceptors (Lipinski definition) is 9. The highest BCUT2D eigenvalue weighted by Crippen LogP contribution is 2.51. The van der Waals surface area contributed by atoms with Gasteiger partial charge in [-0.05, 0) is 11.5 Å². The summed E-state index contributed by atoms with van der Waals surface area (Å²) in [6, 6.07) is 0. The fraction of sp³-hybridized carbons (Fsp3) is 0.462. The molecule has 1 atom stereocenters. The van der Waals surface area contributed by atoms with Crippen LogP contribution in [0, 0.1) is 5.41 Å². The van der Waals surface area contributed by atoms with Gasteiger partial charge < -0.3 is 34.0 Å². The molecule has 0 bridgehead atoms. The summed E-state index contributed by atoms with van der Waals surface area (Å²) in [5.41, 5.74) is -1.54. The molecular weight excluding hydrogens is 741 g/mol.